The van der Waals surface area contributed by atoms with Gasteiger partial charge in [0.25, 0.3) is 0 Å². The summed E-state index contributed by atoms with van der Waals surface area (Å²) in [6, 6.07) is 0. The van der Waals surface area contributed by atoms with Crippen LogP contribution >= 0.6 is 70.6 Å². The van der Waals surface area contributed by atoms with Gasteiger partial charge in [-0.3, -0.25) is 0 Å². The molecular weight excluding hydrogens is 361 g/mol. The molecule has 0 nitrogen and oxygen atoms in total. The minimum Gasteiger partial charge on any atom is -0.151 e. The molecule has 0 saturated heterocycles. The van der Waals surface area contributed by atoms with E-state index in [0.29, 0.717) is 19.2 Å². The molecule has 0 N–H and O–H groups in total. The van der Waals surface area contributed by atoms with Gasteiger partial charge in [-0.1, -0.05) is 6.92 Å². The van der Waals surface area contributed by atoms with Crippen molar-refractivity contribution in [2.75, 3.05) is 36.0 Å². The number of hydrogen-bond donors (Lipinski definition) is 0. The van der Waals surface area contributed by atoms with Gasteiger partial charge in [0.2, 0.25) is 0 Å². The highest BCUT2D eigenvalue weighted by Gasteiger charge is 2.27. The average Bonchev–Trinajstić information content (AvgIpc) is 2.47. The highest BCUT2D eigenvalue weighted by Crippen LogP contribution is 2.38. The third-order valence-electron chi connectivity index (χ3n) is 3.00. The first-order valence-electron chi connectivity index (χ1n) is 6.80. The zero-order valence-electron chi connectivity index (χ0n) is 13.8. The molecule has 0 aromatic carbocycles. The van der Waals surface area contributed by atoms with Crippen LogP contribution in [-0.4, -0.2) is 49.8 Å². The summed E-state index contributed by atoms with van der Waals surface area (Å²) < 4.78 is 2.13. The van der Waals surface area contributed by atoms with Gasteiger partial charge in [-0.2, -0.15) is 35.3 Å². The molecule has 0 fully saturated rings. The van der Waals surface area contributed by atoms with E-state index in [1.165, 1.54) is 17.3 Å². The van der Waals surface area contributed by atoms with Crippen molar-refractivity contribution >= 4 is 70.6 Å². The van der Waals surface area contributed by atoms with E-state index in [1.807, 2.05) is 35.3 Å². The van der Waals surface area contributed by atoms with Crippen LogP contribution in [0.4, 0.5) is 0 Å². The van der Waals surface area contributed by atoms with Crippen molar-refractivity contribution in [3.8, 4) is 0 Å². The van der Waals surface area contributed by atoms with E-state index in [2.05, 4.69) is 81.7 Å². The number of rotatable bonds is 12. The summed E-state index contributed by atoms with van der Waals surface area (Å²) in [5.74, 6) is 3.83. The third kappa shape index (κ3) is 10.8. The largest absolute Gasteiger partial charge is 0.151 e. The number of thioether (sulfide) groups is 6. The molecule has 3 unspecified atom stereocenters. The lowest BCUT2D eigenvalue weighted by molar-refractivity contribution is 0.503. The average molecular weight is 391 g/mol. The fourth-order valence-corrected chi connectivity index (χ4v) is 6.44. The first kappa shape index (κ1) is 22.1. The Kier molecular flexibility index (Phi) is 13.8. The van der Waals surface area contributed by atoms with Crippen molar-refractivity contribution in [1.29, 1.82) is 0 Å². The predicted octanol–water partition coefficient (Wildman–Crippen LogP) is 6.32. The Morgan fingerprint density at radius 2 is 0.900 bits per heavy atom. The SMILES string of the molecule is CSC(C)SCC(C)(CSC(C)SC)CSC(C)SC. The molecule has 0 rings (SSSR count). The Morgan fingerprint density at radius 3 is 1.10 bits per heavy atom. The summed E-state index contributed by atoms with van der Waals surface area (Å²) in [6.07, 6.45) is 6.64. The molecule has 122 valence electrons. The molecule has 0 aromatic rings. The van der Waals surface area contributed by atoms with Crippen LogP contribution in [0, 0.1) is 5.41 Å². The van der Waals surface area contributed by atoms with Gasteiger partial charge in [0.15, 0.2) is 0 Å². The van der Waals surface area contributed by atoms with Gasteiger partial charge in [0.1, 0.15) is 0 Å². The van der Waals surface area contributed by atoms with Gasteiger partial charge < -0.3 is 0 Å². The van der Waals surface area contributed by atoms with E-state index in [0.717, 1.165) is 0 Å². The van der Waals surface area contributed by atoms with Crippen LogP contribution in [0.2, 0.25) is 0 Å². The molecule has 0 aliphatic rings. The monoisotopic (exact) mass is 390 g/mol. The van der Waals surface area contributed by atoms with Crippen LogP contribution in [0.1, 0.15) is 27.7 Å². The first-order valence-corrected chi connectivity index (χ1v) is 13.8. The van der Waals surface area contributed by atoms with Gasteiger partial charge in [0, 0.05) is 31.0 Å². The van der Waals surface area contributed by atoms with E-state index >= 15 is 0 Å². The van der Waals surface area contributed by atoms with Crippen LogP contribution in [0.25, 0.3) is 0 Å². The molecule has 6 heteroatoms. The summed E-state index contributed by atoms with van der Waals surface area (Å²) in [6.45, 7) is 9.45. The molecule has 20 heavy (non-hydrogen) atoms. The molecule has 0 heterocycles. The molecule has 0 aliphatic carbocycles. The molecular formula is C14H30S6. The van der Waals surface area contributed by atoms with Gasteiger partial charge in [-0.15, -0.1) is 35.3 Å². The van der Waals surface area contributed by atoms with E-state index in [1.54, 1.807) is 0 Å². The second-order valence-electron chi connectivity index (χ2n) is 5.15. The standard InChI is InChI=1S/C14H30S6/c1-11(15-5)18-8-14(4,9-19-12(2)16-6)10-20-13(3)17-7/h11-13H,8-10H2,1-7H3. The molecule has 0 aromatic heterocycles. The predicted molar refractivity (Wildman–Crippen MR) is 114 cm³/mol. The van der Waals surface area contributed by atoms with Gasteiger partial charge in [0.05, 0.1) is 0 Å². The van der Waals surface area contributed by atoms with Crippen molar-refractivity contribution in [2.24, 2.45) is 5.41 Å². The van der Waals surface area contributed by atoms with Crippen LogP contribution in [0.3, 0.4) is 0 Å². The lowest BCUT2D eigenvalue weighted by Gasteiger charge is -2.31. The smallest absolute Gasteiger partial charge is 0.0471 e. The summed E-state index contributed by atoms with van der Waals surface area (Å²) in [5, 5.41) is 0. The molecule has 0 bridgehead atoms. The van der Waals surface area contributed by atoms with Crippen molar-refractivity contribution in [3.63, 3.8) is 0 Å². The van der Waals surface area contributed by atoms with Gasteiger partial charge in [-0.25, -0.2) is 0 Å². The van der Waals surface area contributed by atoms with E-state index < -0.39 is 0 Å². The molecule has 0 spiro atoms. The Morgan fingerprint density at radius 1 is 0.650 bits per heavy atom. The van der Waals surface area contributed by atoms with E-state index in [-0.39, 0.29) is 0 Å². The van der Waals surface area contributed by atoms with Crippen molar-refractivity contribution < 1.29 is 0 Å². The van der Waals surface area contributed by atoms with Crippen LogP contribution in [-0.2, 0) is 0 Å². The Labute approximate surface area is 152 Å². The van der Waals surface area contributed by atoms with Gasteiger partial charge in [-0.05, 0) is 45.0 Å². The van der Waals surface area contributed by atoms with Crippen LogP contribution in [0.5, 0.6) is 0 Å². The lowest BCUT2D eigenvalue weighted by atomic mass is 9.99. The van der Waals surface area contributed by atoms with Crippen molar-refractivity contribution in [3.05, 3.63) is 0 Å². The first-order chi connectivity index (χ1) is 9.36. The maximum absolute atomic E-state index is 2.48. The Balaban J connectivity index is 4.40. The molecule has 0 saturated carbocycles. The maximum Gasteiger partial charge on any atom is 0.0471 e. The van der Waals surface area contributed by atoms with Crippen LogP contribution in [0.15, 0.2) is 0 Å². The summed E-state index contributed by atoms with van der Waals surface area (Å²) in [4.78, 5) is 0. The second-order valence-corrected chi connectivity index (χ2v) is 13.6. The molecule has 0 amide bonds. The molecule has 0 aliphatic heterocycles. The molecule has 3 atom stereocenters. The fourth-order valence-electron chi connectivity index (χ4n) is 1.28. The molecule has 0 radical (unpaired) electrons. The van der Waals surface area contributed by atoms with Crippen molar-refractivity contribution in [1.82, 2.24) is 0 Å². The van der Waals surface area contributed by atoms with E-state index in [9.17, 15) is 0 Å². The van der Waals surface area contributed by atoms with Crippen LogP contribution < -0.4 is 0 Å². The minimum absolute atomic E-state index is 0.442. The van der Waals surface area contributed by atoms with Crippen molar-refractivity contribution in [2.45, 2.75) is 41.4 Å². The lowest BCUT2D eigenvalue weighted by Crippen LogP contribution is -2.28. The zero-order valence-corrected chi connectivity index (χ0v) is 18.7. The highest BCUT2D eigenvalue weighted by atomic mass is 32.2. The summed E-state index contributed by atoms with van der Waals surface area (Å²) in [5.41, 5.74) is 0.442. The topological polar surface area (TPSA) is 0 Å². The maximum atomic E-state index is 2.48. The van der Waals surface area contributed by atoms with Gasteiger partial charge >= 0.3 is 0 Å². The fraction of sp³-hybridized carbons (Fsp3) is 1.00. The minimum atomic E-state index is 0.442. The Bertz CT molecular complexity index is 200. The second kappa shape index (κ2) is 12.5. The summed E-state index contributed by atoms with van der Waals surface area (Å²) in [7, 11) is 0. The normalized spacial score (nSPS) is 19.4. The number of hydrogen-bond acceptors (Lipinski definition) is 6. The highest BCUT2D eigenvalue weighted by molar-refractivity contribution is 8.18. The summed E-state index contributed by atoms with van der Waals surface area (Å²) >= 11 is 12.3. The Hall–Kier alpha value is 2.10. The third-order valence-corrected chi connectivity index (χ3v) is 11.9. The van der Waals surface area contributed by atoms with E-state index in [4.69, 9.17) is 0 Å². The zero-order chi connectivity index (χ0) is 15.6. The quantitative estimate of drug-likeness (QED) is 0.355.